The molecule has 0 spiro atoms. The molecule has 2 N–H and O–H groups in total. The number of hydrogen-bond acceptors (Lipinski definition) is 2. The van der Waals surface area contributed by atoms with Gasteiger partial charge in [0.2, 0.25) is 5.91 Å². The third-order valence-electron chi connectivity index (χ3n) is 5.05. The van der Waals surface area contributed by atoms with Gasteiger partial charge in [0.1, 0.15) is 0 Å². The molecule has 22 heavy (non-hydrogen) atoms. The van der Waals surface area contributed by atoms with Gasteiger partial charge in [0.25, 0.3) is 0 Å². The number of piperidine rings is 1. The Hall–Kier alpha value is -0.870. The van der Waals surface area contributed by atoms with Gasteiger partial charge < -0.3 is 10.6 Å². The van der Waals surface area contributed by atoms with E-state index in [1.807, 2.05) is 12.1 Å². The molecule has 0 aromatic heterocycles. The molecule has 2 aliphatic rings. The molecule has 4 heteroatoms. The van der Waals surface area contributed by atoms with Gasteiger partial charge in [-0.1, -0.05) is 35.0 Å². The molecule has 3 nitrogen and oxygen atoms in total. The van der Waals surface area contributed by atoms with E-state index in [0.29, 0.717) is 18.1 Å². The average molecular weight is 365 g/mol. The van der Waals surface area contributed by atoms with Crippen LogP contribution in [0.15, 0.2) is 28.7 Å². The van der Waals surface area contributed by atoms with Crippen LogP contribution in [0.5, 0.6) is 0 Å². The van der Waals surface area contributed by atoms with Crippen LogP contribution in [0.1, 0.15) is 44.6 Å². The summed E-state index contributed by atoms with van der Waals surface area (Å²) >= 11 is 3.50. The minimum Gasteiger partial charge on any atom is -0.353 e. The van der Waals surface area contributed by atoms with E-state index in [0.717, 1.165) is 30.2 Å². The Labute approximate surface area is 141 Å². The topological polar surface area (TPSA) is 41.1 Å². The maximum absolute atomic E-state index is 12.6. The summed E-state index contributed by atoms with van der Waals surface area (Å²) in [5.41, 5.74) is 1.22. The fraction of sp³-hybridized carbons (Fsp3) is 0.611. The van der Waals surface area contributed by atoms with Gasteiger partial charge in [0, 0.05) is 28.5 Å². The lowest BCUT2D eigenvalue weighted by Crippen LogP contribution is -2.49. The van der Waals surface area contributed by atoms with E-state index >= 15 is 0 Å². The van der Waals surface area contributed by atoms with Crippen molar-refractivity contribution in [3.05, 3.63) is 34.3 Å². The third kappa shape index (κ3) is 3.90. The van der Waals surface area contributed by atoms with E-state index in [9.17, 15) is 4.79 Å². The molecule has 2 heterocycles. The standard InChI is InChI=1S/C18H25BrN2O/c1-2-13(8-12-4-3-5-14(19)9-12)18(22)21-17-10-15-6-7-16(11-17)20-15/h3-5,9,13,15-17,20H,2,6-8,10-11H2,1H3,(H,21,22). The van der Waals surface area contributed by atoms with Gasteiger partial charge in [-0.3, -0.25) is 4.79 Å². The minimum absolute atomic E-state index is 0.0711. The molecule has 1 aromatic carbocycles. The van der Waals surface area contributed by atoms with Crippen molar-refractivity contribution in [2.75, 3.05) is 0 Å². The largest absolute Gasteiger partial charge is 0.353 e. The summed E-state index contributed by atoms with van der Waals surface area (Å²) < 4.78 is 1.08. The number of carbonyl (C=O) groups excluding carboxylic acids is 1. The second-order valence-electron chi connectivity index (χ2n) is 6.75. The summed E-state index contributed by atoms with van der Waals surface area (Å²) in [6.07, 6.45) is 6.43. The van der Waals surface area contributed by atoms with Crippen LogP contribution in [-0.2, 0) is 11.2 Å². The fourth-order valence-electron chi connectivity index (χ4n) is 3.87. The quantitative estimate of drug-likeness (QED) is 0.840. The van der Waals surface area contributed by atoms with Crippen molar-refractivity contribution in [3.8, 4) is 0 Å². The number of nitrogens with one attached hydrogen (secondary N) is 2. The molecule has 1 amide bonds. The van der Waals surface area contributed by atoms with Gasteiger partial charge in [-0.2, -0.15) is 0 Å². The highest BCUT2D eigenvalue weighted by atomic mass is 79.9. The Balaban J connectivity index is 1.57. The molecule has 3 rings (SSSR count). The normalized spacial score (nSPS) is 28.4. The summed E-state index contributed by atoms with van der Waals surface area (Å²) in [5.74, 6) is 0.301. The number of fused-ring (bicyclic) bond motifs is 2. The Morgan fingerprint density at radius 3 is 2.73 bits per heavy atom. The van der Waals surface area contributed by atoms with Crippen LogP contribution in [-0.4, -0.2) is 24.0 Å². The summed E-state index contributed by atoms with van der Waals surface area (Å²) in [5, 5.41) is 6.94. The molecule has 1 aromatic rings. The molecule has 0 aliphatic carbocycles. The first kappa shape index (κ1) is 16.0. The van der Waals surface area contributed by atoms with Gasteiger partial charge in [-0.25, -0.2) is 0 Å². The highest BCUT2D eigenvalue weighted by molar-refractivity contribution is 9.10. The Morgan fingerprint density at radius 1 is 1.36 bits per heavy atom. The molecule has 2 aliphatic heterocycles. The van der Waals surface area contributed by atoms with Crippen LogP contribution in [0.25, 0.3) is 0 Å². The van der Waals surface area contributed by atoms with Crippen LogP contribution in [0.3, 0.4) is 0 Å². The van der Waals surface area contributed by atoms with Crippen LogP contribution in [0.2, 0.25) is 0 Å². The van der Waals surface area contributed by atoms with Crippen LogP contribution < -0.4 is 10.6 Å². The molecule has 3 atom stereocenters. The van der Waals surface area contributed by atoms with Crippen molar-refractivity contribution < 1.29 is 4.79 Å². The number of rotatable bonds is 5. The molecule has 120 valence electrons. The number of hydrogen-bond donors (Lipinski definition) is 2. The van der Waals surface area contributed by atoms with E-state index in [2.05, 4.69) is 45.6 Å². The monoisotopic (exact) mass is 364 g/mol. The lowest BCUT2D eigenvalue weighted by atomic mass is 9.94. The summed E-state index contributed by atoms with van der Waals surface area (Å²) in [6.45, 7) is 2.11. The van der Waals surface area contributed by atoms with E-state index in [-0.39, 0.29) is 11.8 Å². The number of carbonyl (C=O) groups is 1. The smallest absolute Gasteiger partial charge is 0.223 e. The highest BCUT2D eigenvalue weighted by Gasteiger charge is 2.34. The summed E-state index contributed by atoms with van der Waals surface area (Å²) in [6, 6.07) is 9.88. The predicted molar refractivity (Wildman–Crippen MR) is 92.7 cm³/mol. The SMILES string of the molecule is CCC(Cc1cccc(Br)c1)C(=O)NC1CC2CCC(C1)N2. The highest BCUT2D eigenvalue weighted by Crippen LogP contribution is 2.27. The zero-order valence-electron chi connectivity index (χ0n) is 13.1. The minimum atomic E-state index is 0.0711. The predicted octanol–water partition coefficient (Wildman–Crippen LogP) is 3.42. The molecular weight excluding hydrogens is 340 g/mol. The lowest BCUT2D eigenvalue weighted by molar-refractivity contribution is -0.126. The lowest BCUT2D eigenvalue weighted by Gasteiger charge is -2.30. The van der Waals surface area contributed by atoms with Crippen LogP contribution >= 0.6 is 15.9 Å². The molecule has 2 fully saturated rings. The van der Waals surface area contributed by atoms with Crippen LogP contribution in [0, 0.1) is 5.92 Å². The number of benzene rings is 1. The van der Waals surface area contributed by atoms with Gasteiger partial charge in [0.15, 0.2) is 0 Å². The average Bonchev–Trinajstić information content (AvgIpc) is 2.83. The molecule has 0 saturated carbocycles. The molecule has 2 bridgehead atoms. The molecule has 3 unspecified atom stereocenters. The van der Waals surface area contributed by atoms with Gasteiger partial charge in [-0.15, -0.1) is 0 Å². The first-order chi connectivity index (χ1) is 10.6. The second-order valence-corrected chi connectivity index (χ2v) is 7.67. The van der Waals surface area contributed by atoms with E-state index in [1.165, 1.54) is 18.4 Å². The number of halogens is 1. The van der Waals surface area contributed by atoms with Crippen molar-refractivity contribution in [2.45, 2.75) is 63.6 Å². The third-order valence-corrected chi connectivity index (χ3v) is 5.55. The fourth-order valence-corrected chi connectivity index (χ4v) is 4.31. The van der Waals surface area contributed by atoms with Crippen LogP contribution in [0.4, 0.5) is 0 Å². The van der Waals surface area contributed by atoms with E-state index in [1.54, 1.807) is 0 Å². The van der Waals surface area contributed by atoms with Gasteiger partial charge in [-0.05, 0) is 56.2 Å². The molecule has 0 radical (unpaired) electrons. The Bertz CT molecular complexity index is 522. The number of amides is 1. The van der Waals surface area contributed by atoms with Gasteiger partial charge >= 0.3 is 0 Å². The first-order valence-electron chi connectivity index (χ1n) is 8.45. The van der Waals surface area contributed by atoms with Crippen molar-refractivity contribution in [1.82, 2.24) is 10.6 Å². The van der Waals surface area contributed by atoms with Crippen molar-refractivity contribution in [2.24, 2.45) is 5.92 Å². The molecular formula is C18H25BrN2O. The summed E-state index contributed by atoms with van der Waals surface area (Å²) in [4.78, 5) is 12.6. The van der Waals surface area contributed by atoms with Crippen molar-refractivity contribution in [3.63, 3.8) is 0 Å². The van der Waals surface area contributed by atoms with Crippen molar-refractivity contribution >= 4 is 21.8 Å². The van der Waals surface area contributed by atoms with E-state index < -0.39 is 0 Å². The zero-order valence-corrected chi connectivity index (χ0v) is 14.7. The molecule has 2 saturated heterocycles. The van der Waals surface area contributed by atoms with Crippen molar-refractivity contribution in [1.29, 1.82) is 0 Å². The first-order valence-corrected chi connectivity index (χ1v) is 9.24. The van der Waals surface area contributed by atoms with Gasteiger partial charge in [0.05, 0.1) is 0 Å². The second kappa shape index (κ2) is 7.14. The Kier molecular flexibility index (Phi) is 5.19. The van der Waals surface area contributed by atoms with E-state index in [4.69, 9.17) is 0 Å². The maximum atomic E-state index is 12.6. The summed E-state index contributed by atoms with van der Waals surface area (Å²) in [7, 11) is 0. The maximum Gasteiger partial charge on any atom is 0.223 e. The zero-order chi connectivity index (χ0) is 15.5. The Morgan fingerprint density at radius 2 is 2.09 bits per heavy atom.